The van der Waals surface area contributed by atoms with Gasteiger partial charge in [-0.2, -0.15) is 0 Å². The molecule has 2 aliphatic heterocycles. The lowest BCUT2D eigenvalue weighted by Crippen LogP contribution is -2.48. The van der Waals surface area contributed by atoms with E-state index in [1.165, 1.54) is 24.2 Å². The highest BCUT2D eigenvalue weighted by molar-refractivity contribution is 7.14. The van der Waals surface area contributed by atoms with Crippen LogP contribution < -0.4 is 10.6 Å². The van der Waals surface area contributed by atoms with Gasteiger partial charge in [-0.05, 0) is 49.4 Å². The monoisotopic (exact) mass is 339 g/mol. The van der Waals surface area contributed by atoms with E-state index >= 15 is 0 Å². The van der Waals surface area contributed by atoms with Gasteiger partial charge in [0.15, 0.2) is 0 Å². The zero-order valence-corrected chi connectivity index (χ0v) is 14.2. The van der Waals surface area contributed by atoms with E-state index in [1.807, 2.05) is 17.5 Å². The molecule has 0 aromatic carbocycles. The van der Waals surface area contributed by atoms with Gasteiger partial charge >= 0.3 is 6.03 Å². The first kappa shape index (κ1) is 16.7. The largest absolute Gasteiger partial charge is 0.388 e. The van der Waals surface area contributed by atoms with Crippen molar-refractivity contribution in [3.05, 3.63) is 17.5 Å². The molecule has 2 aliphatic rings. The Morgan fingerprint density at radius 2 is 2.26 bits per heavy atom. The minimum absolute atomic E-state index is 0.226. The molecular formula is C16H25N3O3S. The van der Waals surface area contributed by atoms with Crippen LogP contribution in [0.2, 0.25) is 0 Å². The molecule has 2 amide bonds. The molecule has 7 heteroatoms. The van der Waals surface area contributed by atoms with Crippen molar-refractivity contribution in [3.63, 3.8) is 0 Å². The molecule has 1 aromatic heterocycles. The molecule has 2 fully saturated rings. The predicted molar refractivity (Wildman–Crippen MR) is 90.8 cm³/mol. The van der Waals surface area contributed by atoms with Crippen LogP contribution in [0.3, 0.4) is 0 Å². The number of aliphatic hydroxyl groups excluding tert-OH is 1. The van der Waals surface area contributed by atoms with E-state index in [-0.39, 0.29) is 18.2 Å². The summed E-state index contributed by atoms with van der Waals surface area (Å²) >= 11 is 1.46. The Morgan fingerprint density at radius 1 is 1.48 bits per heavy atom. The molecule has 2 saturated heterocycles. The number of nitrogens with one attached hydrogen (secondary N) is 2. The van der Waals surface area contributed by atoms with Crippen molar-refractivity contribution in [2.75, 3.05) is 31.6 Å². The molecule has 6 nitrogen and oxygen atoms in total. The number of rotatable bonds is 4. The molecule has 0 radical (unpaired) electrons. The first-order valence-corrected chi connectivity index (χ1v) is 9.13. The number of thiophene rings is 1. The van der Waals surface area contributed by atoms with Crippen LogP contribution in [0.25, 0.3) is 0 Å². The Balaban J connectivity index is 1.44. The van der Waals surface area contributed by atoms with Crippen LogP contribution in [0.1, 0.15) is 19.8 Å². The third-order valence-electron chi connectivity index (χ3n) is 4.67. The molecule has 128 valence electrons. The van der Waals surface area contributed by atoms with Gasteiger partial charge in [-0.1, -0.05) is 6.92 Å². The number of likely N-dealkylation sites (tertiary alicyclic amines) is 1. The standard InChI is InChI=1S/C16H25N3O3S/c1-11-4-6-19(7-5-11)9-13-15(20)12(10-22-13)17-16(21)18-14-3-2-8-23-14/h2-3,8,11-13,15,20H,4-7,9-10H2,1H3,(H2,17,18,21). The maximum atomic E-state index is 12.0. The smallest absolute Gasteiger partial charge is 0.320 e. The lowest BCUT2D eigenvalue weighted by molar-refractivity contribution is 0.00883. The Hall–Kier alpha value is -1.15. The summed E-state index contributed by atoms with van der Waals surface area (Å²) in [6.45, 7) is 5.49. The Kier molecular flexibility index (Phi) is 5.53. The molecule has 0 aliphatic carbocycles. The maximum absolute atomic E-state index is 12.0. The van der Waals surface area contributed by atoms with Crippen molar-refractivity contribution in [3.8, 4) is 0 Å². The van der Waals surface area contributed by atoms with Gasteiger partial charge in [0, 0.05) is 6.54 Å². The second-order valence-electron chi connectivity index (χ2n) is 6.53. The first-order valence-electron chi connectivity index (χ1n) is 8.25. The number of urea groups is 1. The topological polar surface area (TPSA) is 73.8 Å². The number of carbonyl (C=O) groups is 1. The van der Waals surface area contributed by atoms with E-state index in [1.54, 1.807) is 0 Å². The number of anilines is 1. The lowest BCUT2D eigenvalue weighted by atomic mass is 9.98. The molecule has 3 rings (SSSR count). The van der Waals surface area contributed by atoms with Crippen molar-refractivity contribution >= 4 is 22.4 Å². The number of hydrogen-bond donors (Lipinski definition) is 3. The molecule has 23 heavy (non-hydrogen) atoms. The fraction of sp³-hybridized carbons (Fsp3) is 0.688. The summed E-state index contributed by atoms with van der Waals surface area (Å²) in [5.41, 5.74) is 0. The summed E-state index contributed by atoms with van der Waals surface area (Å²) in [4.78, 5) is 14.3. The molecule has 0 spiro atoms. The average molecular weight is 339 g/mol. The molecule has 3 N–H and O–H groups in total. The van der Waals surface area contributed by atoms with Crippen LogP contribution in [-0.2, 0) is 4.74 Å². The first-order chi connectivity index (χ1) is 11.1. The number of aliphatic hydroxyl groups is 1. The third-order valence-corrected chi connectivity index (χ3v) is 5.46. The van der Waals surface area contributed by atoms with Crippen molar-refractivity contribution in [2.45, 2.75) is 38.0 Å². The number of ether oxygens (including phenoxy) is 1. The molecule has 1 aromatic rings. The van der Waals surface area contributed by atoms with Gasteiger partial charge < -0.3 is 20.1 Å². The van der Waals surface area contributed by atoms with Crippen LogP contribution in [0, 0.1) is 5.92 Å². The van der Waals surface area contributed by atoms with Crippen LogP contribution in [0.5, 0.6) is 0 Å². The number of carbonyl (C=O) groups excluding carboxylic acids is 1. The summed E-state index contributed by atoms with van der Waals surface area (Å²) < 4.78 is 5.71. The zero-order chi connectivity index (χ0) is 16.2. The lowest BCUT2D eigenvalue weighted by Gasteiger charge is -2.32. The van der Waals surface area contributed by atoms with E-state index < -0.39 is 6.10 Å². The fourth-order valence-corrected chi connectivity index (χ4v) is 3.75. The van der Waals surface area contributed by atoms with Gasteiger partial charge in [-0.15, -0.1) is 11.3 Å². The Bertz CT molecular complexity index is 503. The number of piperidine rings is 1. The number of nitrogens with zero attached hydrogens (tertiary/aromatic N) is 1. The summed E-state index contributed by atoms with van der Waals surface area (Å²) in [6.07, 6.45) is 1.51. The molecule has 3 unspecified atom stereocenters. The minimum Gasteiger partial charge on any atom is -0.388 e. The summed E-state index contributed by atoms with van der Waals surface area (Å²) in [6, 6.07) is 3.06. The second-order valence-corrected chi connectivity index (χ2v) is 7.48. The maximum Gasteiger partial charge on any atom is 0.320 e. The summed E-state index contributed by atoms with van der Waals surface area (Å²) in [7, 11) is 0. The molecule has 0 bridgehead atoms. The van der Waals surface area contributed by atoms with Crippen molar-refractivity contribution in [1.82, 2.24) is 10.2 Å². The van der Waals surface area contributed by atoms with Crippen molar-refractivity contribution in [2.24, 2.45) is 5.92 Å². The predicted octanol–water partition coefficient (Wildman–Crippen LogP) is 1.73. The highest BCUT2D eigenvalue weighted by Crippen LogP contribution is 2.21. The van der Waals surface area contributed by atoms with Crippen molar-refractivity contribution < 1.29 is 14.6 Å². The zero-order valence-electron chi connectivity index (χ0n) is 13.4. The van der Waals surface area contributed by atoms with E-state index in [0.29, 0.717) is 6.61 Å². The van der Waals surface area contributed by atoms with Crippen LogP contribution in [0.15, 0.2) is 17.5 Å². The van der Waals surface area contributed by atoms with E-state index in [0.717, 1.165) is 30.6 Å². The third kappa shape index (κ3) is 4.44. The highest BCUT2D eigenvalue weighted by atomic mass is 32.1. The van der Waals surface area contributed by atoms with Gasteiger partial charge in [0.25, 0.3) is 0 Å². The fourth-order valence-electron chi connectivity index (χ4n) is 3.14. The minimum atomic E-state index is -0.663. The van der Waals surface area contributed by atoms with Crippen LogP contribution in [0.4, 0.5) is 9.80 Å². The van der Waals surface area contributed by atoms with Crippen molar-refractivity contribution in [1.29, 1.82) is 0 Å². The quantitative estimate of drug-likeness (QED) is 0.781. The molecular weight excluding hydrogens is 314 g/mol. The van der Waals surface area contributed by atoms with Crippen LogP contribution >= 0.6 is 11.3 Å². The number of amides is 2. The van der Waals surface area contributed by atoms with E-state index in [9.17, 15) is 9.90 Å². The Morgan fingerprint density at radius 3 is 2.96 bits per heavy atom. The summed E-state index contributed by atoms with van der Waals surface area (Å²) in [5, 5.41) is 18.7. The molecule has 0 saturated carbocycles. The average Bonchev–Trinajstić information content (AvgIpc) is 3.14. The summed E-state index contributed by atoms with van der Waals surface area (Å²) in [5.74, 6) is 0.788. The van der Waals surface area contributed by atoms with Crippen LogP contribution in [-0.4, -0.2) is 60.5 Å². The van der Waals surface area contributed by atoms with Gasteiger partial charge in [-0.3, -0.25) is 5.32 Å². The Labute approximate surface area is 140 Å². The normalized spacial score (nSPS) is 29.6. The molecule has 3 atom stereocenters. The van der Waals surface area contributed by atoms with Gasteiger partial charge in [0.2, 0.25) is 0 Å². The van der Waals surface area contributed by atoms with Gasteiger partial charge in [0.05, 0.1) is 23.8 Å². The van der Waals surface area contributed by atoms with E-state index in [2.05, 4.69) is 22.5 Å². The van der Waals surface area contributed by atoms with Gasteiger partial charge in [-0.25, -0.2) is 4.79 Å². The SMILES string of the molecule is CC1CCN(CC2OCC(NC(=O)Nc3cccs3)C2O)CC1. The number of hydrogen-bond acceptors (Lipinski definition) is 5. The second kappa shape index (κ2) is 7.61. The van der Waals surface area contributed by atoms with Gasteiger partial charge in [0.1, 0.15) is 6.10 Å². The molecule has 3 heterocycles. The highest BCUT2D eigenvalue weighted by Gasteiger charge is 2.38. The van der Waals surface area contributed by atoms with E-state index in [4.69, 9.17) is 4.74 Å².